The summed E-state index contributed by atoms with van der Waals surface area (Å²) in [5, 5.41) is 8.69. The number of hydrogen-bond acceptors (Lipinski definition) is 3. The van der Waals surface area contributed by atoms with Gasteiger partial charge in [0.25, 0.3) is 0 Å². The van der Waals surface area contributed by atoms with Crippen molar-refractivity contribution in [3.8, 4) is 0 Å². The number of benzene rings is 1. The molecule has 0 saturated heterocycles. The maximum atomic E-state index is 11.3. The number of rotatable bonds is 3. The number of thioether (sulfide) groups is 1. The van der Waals surface area contributed by atoms with Crippen LogP contribution in [0.4, 0.5) is 0 Å². The second-order valence-electron chi connectivity index (χ2n) is 3.31. The highest BCUT2D eigenvalue weighted by Gasteiger charge is 2.18. The van der Waals surface area contributed by atoms with Crippen LogP contribution in [0.3, 0.4) is 0 Å². The van der Waals surface area contributed by atoms with Crippen molar-refractivity contribution in [3.63, 3.8) is 0 Å². The van der Waals surface area contributed by atoms with Crippen LogP contribution in [-0.2, 0) is 6.42 Å². The van der Waals surface area contributed by atoms with Gasteiger partial charge in [-0.25, -0.2) is 0 Å². The van der Waals surface area contributed by atoms with Gasteiger partial charge in [0.1, 0.15) is 0 Å². The first kappa shape index (κ1) is 9.74. The lowest BCUT2D eigenvalue weighted by Gasteiger charge is -2.02. The largest absolute Gasteiger partial charge is 0.396 e. The molecule has 2 rings (SSSR count). The molecule has 0 fully saturated rings. The third kappa shape index (κ3) is 1.83. The molecular weight excluding hydrogens is 196 g/mol. The van der Waals surface area contributed by atoms with Crippen molar-refractivity contribution in [3.05, 3.63) is 29.3 Å². The molecular formula is C11H12O2S. The van der Waals surface area contributed by atoms with Gasteiger partial charge >= 0.3 is 0 Å². The Kier molecular flexibility index (Phi) is 2.89. The third-order valence-electron chi connectivity index (χ3n) is 2.36. The summed E-state index contributed by atoms with van der Waals surface area (Å²) in [7, 11) is 0. The SMILES string of the molecule is O=C1CCc2cc(SCCO)ccc21. The van der Waals surface area contributed by atoms with E-state index in [1.165, 1.54) is 0 Å². The first-order valence-electron chi connectivity index (χ1n) is 4.71. The van der Waals surface area contributed by atoms with Crippen LogP contribution in [0.25, 0.3) is 0 Å². The highest BCUT2D eigenvalue weighted by molar-refractivity contribution is 7.99. The molecule has 0 atom stereocenters. The summed E-state index contributed by atoms with van der Waals surface area (Å²) < 4.78 is 0. The Bertz CT molecular complexity index is 360. The van der Waals surface area contributed by atoms with E-state index in [1.807, 2.05) is 12.1 Å². The van der Waals surface area contributed by atoms with E-state index in [1.54, 1.807) is 11.8 Å². The van der Waals surface area contributed by atoms with Gasteiger partial charge in [-0.3, -0.25) is 4.79 Å². The molecule has 74 valence electrons. The van der Waals surface area contributed by atoms with Crippen molar-refractivity contribution in [1.29, 1.82) is 0 Å². The van der Waals surface area contributed by atoms with E-state index in [9.17, 15) is 4.79 Å². The summed E-state index contributed by atoms with van der Waals surface area (Å²) in [5.41, 5.74) is 2.05. The summed E-state index contributed by atoms with van der Waals surface area (Å²) in [5.74, 6) is 0.978. The minimum absolute atomic E-state index is 0.195. The maximum absolute atomic E-state index is 11.3. The molecule has 0 bridgehead atoms. The topological polar surface area (TPSA) is 37.3 Å². The molecule has 0 aliphatic heterocycles. The van der Waals surface area contributed by atoms with Gasteiger partial charge in [0.05, 0.1) is 6.61 Å². The molecule has 1 aliphatic rings. The fourth-order valence-corrected chi connectivity index (χ4v) is 2.40. The molecule has 0 unspecified atom stereocenters. The molecule has 1 aromatic carbocycles. The number of fused-ring (bicyclic) bond motifs is 1. The highest BCUT2D eigenvalue weighted by Crippen LogP contribution is 2.27. The van der Waals surface area contributed by atoms with E-state index in [2.05, 4.69) is 6.07 Å². The van der Waals surface area contributed by atoms with Crippen LogP contribution >= 0.6 is 11.8 Å². The predicted octanol–water partition coefficient (Wildman–Crippen LogP) is 1.90. The Balaban J connectivity index is 2.19. The Labute approximate surface area is 87.3 Å². The van der Waals surface area contributed by atoms with Gasteiger partial charge in [-0.2, -0.15) is 0 Å². The van der Waals surface area contributed by atoms with Crippen molar-refractivity contribution in [1.82, 2.24) is 0 Å². The lowest BCUT2D eigenvalue weighted by molar-refractivity contribution is 0.0994. The van der Waals surface area contributed by atoms with E-state index >= 15 is 0 Å². The molecule has 1 N–H and O–H groups in total. The average Bonchev–Trinajstić information content (AvgIpc) is 2.57. The van der Waals surface area contributed by atoms with Crippen molar-refractivity contribution in [2.45, 2.75) is 17.7 Å². The van der Waals surface area contributed by atoms with Gasteiger partial charge in [-0.15, -0.1) is 11.8 Å². The van der Waals surface area contributed by atoms with E-state index < -0.39 is 0 Å². The van der Waals surface area contributed by atoms with E-state index in [0.29, 0.717) is 12.2 Å². The zero-order valence-corrected chi connectivity index (χ0v) is 8.64. The monoisotopic (exact) mass is 208 g/mol. The van der Waals surface area contributed by atoms with Crippen molar-refractivity contribution in [2.24, 2.45) is 0 Å². The van der Waals surface area contributed by atoms with Crippen LogP contribution in [0.1, 0.15) is 22.3 Å². The lowest BCUT2D eigenvalue weighted by atomic mass is 10.1. The Hall–Kier alpha value is -0.800. The average molecular weight is 208 g/mol. The van der Waals surface area contributed by atoms with E-state index in [0.717, 1.165) is 22.4 Å². The minimum Gasteiger partial charge on any atom is -0.396 e. The van der Waals surface area contributed by atoms with Crippen LogP contribution in [0.5, 0.6) is 0 Å². The molecule has 1 aromatic rings. The van der Waals surface area contributed by atoms with Gasteiger partial charge in [0.15, 0.2) is 5.78 Å². The smallest absolute Gasteiger partial charge is 0.163 e. The van der Waals surface area contributed by atoms with Crippen LogP contribution in [0.15, 0.2) is 23.1 Å². The number of aliphatic hydroxyl groups excluding tert-OH is 1. The molecule has 0 saturated carbocycles. The second-order valence-corrected chi connectivity index (χ2v) is 4.48. The van der Waals surface area contributed by atoms with Gasteiger partial charge in [-0.05, 0) is 24.1 Å². The minimum atomic E-state index is 0.195. The number of hydrogen-bond donors (Lipinski definition) is 1. The fourth-order valence-electron chi connectivity index (χ4n) is 1.69. The number of carbonyl (C=O) groups is 1. The normalized spacial score (nSPS) is 14.5. The molecule has 0 aromatic heterocycles. The Morgan fingerprint density at radius 1 is 1.36 bits per heavy atom. The summed E-state index contributed by atoms with van der Waals surface area (Å²) in [6.45, 7) is 0.195. The number of ketones is 1. The van der Waals surface area contributed by atoms with Gasteiger partial charge in [0, 0.05) is 22.6 Å². The summed E-state index contributed by atoms with van der Waals surface area (Å²) in [4.78, 5) is 12.5. The molecule has 0 radical (unpaired) electrons. The first-order chi connectivity index (χ1) is 6.81. The number of carbonyl (C=O) groups excluding carboxylic acids is 1. The number of aryl methyl sites for hydroxylation is 1. The molecule has 1 aliphatic carbocycles. The maximum Gasteiger partial charge on any atom is 0.163 e. The molecule has 2 nitrogen and oxygen atoms in total. The molecule has 0 heterocycles. The molecule has 0 spiro atoms. The van der Waals surface area contributed by atoms with Gasteiger partial charge in [0.2, 0.25) is 0 Å². The Morgan fingerprint density at radius 2 is 2.21 bits per heavy atom. The standard InChI is InChI=1S/C11H12O2S/c12-5-6-14-9-2-3-10-8(7-9)1-4-11(10)13/h2-3,7,12H,1,4-6H2. The zero-order chi connectivity index (χ0) is 9.97. The van der Waals surface area contributed by atoms with Crippen LogP contribution < -0.4 is 0 Å². The fraction of sp³-hybridized carbons (Fsp3) is 0.364. The number of aliphatic hydroxyl groups is 1. The van der Waals surface area contributed by atoms with Crippen molar-refractivity contribution < 1.29 is 9.90 Å². The van der Waals surface area contributed by atoms with Gasteiger partial charge < -0.3 is 5.11 Å². The second kappa shape index (κ2) is 4.15. The van der Waals surface area contributed by atoms with Gasteiger partial charge in [-0.1, -0.05) is 6.07 Å². The highest BCUT2D eigenvalue weighted by atomic mass is 32.2. The van der Waals surface area contributed by atoms with Crippen LogP contribution in [0, 0.1) is 0 Å². The van der Waals surface area contributed by atoms with E-state index in [-0.39, 0.29) is 12.4 Å². The van der Waals surface area contributed by atoms with Crippen LogP contribution in [-0.4, -0.2) is 23.2 Å². The first-order valence-corrected chi connectivity index (χ1v) is 5.69. The molecule has 0 amide bonds. The Morgan fingerprint density at radius 3 is 3.00 bits per heavy atom. The van der Waals surface area contributed by atoms with Crippen molar-refractivity contribution >= 4 is 17.5 Å². The molecule has 3 heteroatoms. The van der Waals surface area contributed by atoms with Crippen LogP contribution in [0.2, 0.25) is 0 Å². The molecule has 14 heavy (non-hydrogen) atoms. The quantitative estimate of drug-likeness (QED) is 0.771. The third-order valence-corrected chi connectivity index (χ3v) is 3.33. The summed E-state index contributed by atoms with van der Waals surface area (Å²) >= 11 is 1.63. The lowest BCUT2D eigenvalue weighted by Crippen LogP contribution is -1.91. The predicted molar refractivity (Wildman–Crippen MR) is 56.9 cm³/mol. The zero-order valence-electron chi connectivity index (χ0n) is 7.82. The van der Waals surface area contributed by atoms with E-state index in [4.69, 9.17) is 5.11 Å². The van der Waals surface area contributed by atoms with Crippen molar-refractivity contribution in [2.75, 3.05) is 12.4 Å². The summed E-state index contributed by atoms with van der Waals surface area (Å²) in [6.07, 6.45) is 1.53. The summed E-state index contributed by atoms with van der Waals surface area (Å²) in [6, 6.07) is 5.94. The number of Topliss-reactive ketones (excluding diaryl/α,β-unsaturated/α-hetero) is 1.